The zero-order chi connectivity index (χ0) is 15.2. The Morgan fingerprint density at radius 1 is 1.24 bits per heavy atom. The first-order chi connectivity index (χ1) is 10.1. The zero-order valence-electron chi connectivity index (χ0n) is 12.3. The number of nitrogens with zero attached hydrogens (tertiary/aromatic N) is 3. The lowest BCUT2D eigenvalue weighted by molar-refractivity contribution is 0.264. The van der Waals surface area contributed by atoms with Gasteiger partial charge in [0, 0.05) is 24.3 Å². The normalized spacial score (nSPS) is 10.6. The van der Waals surface area contributed by atoms with E-state index in [0.29, 0.717) is 24.2 Å². The van der Waals surface area contributed by atoms with Crippen LogP contribution in [0.15, 0.2) is 36.4 Å². The van der Waals surface area contributed by atoms with Gasteiger partial charge in [0.05, 0.1) is 17.3 Å². The van der Waals surface area contributed by atoms with Crippen LogP contribution in [0.4, 0.5) is 4.39 Å². The van der Waals surface area contributed by atoms with Crippen LogP contribution in [-0.4, -0.2) is 16.4 Å². The molecule has 0 N–H and O–H groups in total. The summed E-state index contributed by atoms with van der Waals surface area (Å²) < 4.78 is 13.9. The average molecular weight is 283 g/mol. The van der Waals surface area contributed by atoms with Crippen LogP contribution in [-0.2, 0) is 13.1 Å². The third-order valence-electron chi connectivity index (χ3n) is 3.35. The molecule has 0 spiro atoms. The predicted molar refractivity (Wildman–Crippen MR) is 79.9 cm³/mol. The molecule has 1 aromatic carbocycles. The molecule has 0 fully saturated rings. The molecule has 0 aliphatic rings. The fraction of sp³-hybridized carbons (Fsp3) is 0.294. The fourth-order valence-corrected chi connectivity index (χ4v) is 2.18. The Balaban J connectivity index is 2.11. The lowest BCUT2D eigenvalue weighted by atomic mass is 10.1. The van der Waals surface area contributed by atoms with Crippen LogP contribution < -0.4 is 0 Å². The van der Waals surface area contributed by atoms with Crippen molar-refractivity contribution in [2.75, 3.05) is 6.54 Å². The SMILES string of the molecule is CCN(Cc1cccc(C)n1)Cc1ccc(C#N)cc1F. The lowest BCUT2D eigenvalue weighted by Crippen LogP contribution is -2.23. The molecule has 4 heteroatoms. The minimum Gasteiger partial charge on any atom is -0.293 e. The van der Waals surface area contributed by atoms with Crippen molar-refractivity contribution < 1.29 is 4.39 Å². The van der Waals surface area contributed by atoms with Crippen molar-refractivity contribution in [3.63, 3.8) is 0 Å². The first-order valence-corrected chi connectivity index (χ1v) is 6.95. The molecule has 1 heterocycles. The van der Waals surface area contributed by atoms with Gasteiger partial charge in [-0.3, -0.25) is 9.88 Å². The van der Waals surface area contributed by atoms with E-state index < -0.39 is 0 Å². The number of pyridine rings is 1. The Labute approximate surface area is 124 Å². The van der Waals surface area contributed by atoms with E-state index in [0.717, 1.165) is 17.9 Å². The van der Waals surface area contributed by atoms with E-state index in [9.17, 15) is 4.39 Å². The van der Waals surface area contributed by atoms with Gasteiger partial charge in [-0.05, 0) is 37.7 Å². The third kappa shape index (κ3) is 4.11. The Morgan fingerprint density at radius 3 is 2.67 bits per heavy atom. The predicted octanol–water partition coefficient (Wildman–Crippen LogP) is 3.42. The molecule has 0 saturated carbocycles. The van der Waals surface area contributed by atoms with E-state index in [4.69, 9.17) is 5.26 Å². The molecule has 0 saturated heterocycles. The van der Waals surface area contributed by atoms with E-state index >= 15 is 0 Å². The van der Waals surface area contributed by atoms with Gasteiger partial charge < -0.3 is 0 Å². The van der Waals surface area contributed by atoms with Gasteiger partial charge in [-0.15, -0.1) is 0 Å². The average Bonchev–Trinajstić information content (AvgIpc) is 2.48. The molecular formula is C17H18FN3. The second kappa shape index (κ2) is 6.96. The van der Waals surface area contributed by atoms with Crippen LogP contribution in [0, 0.1) is 24.1 Å². The Hall–Kier alpha value is -2.25. The molecule has 0 radical (unpaired) electrons. The Kier molecular flexibility index (Phi) is 5.02. The molecule has 0 unspecified atom stereocenters. The highest BCUT2D eigenvalue weighted by molar-refractivity contribution is 5.32. The van der Waals surface area contributed by atoms with Crippen LogP contribution in [0.5, 0.6) is 0 Å². The van der Waals surface area contributed by atoms with Crippen molar-refractivity contribution in [3.8, 4) is 6.07 Å². The summed E-state index contributed by atoms with van der Waals surface area (Å²) in [4.78, 5) is 6.59. The third-order valence-corrected chi connectivity index (χ3v) is 3.35. The minimum atomic E-state index is -0.329. The van der Waals surface area contributed by atoms with Crippen LogP contribution in [0.3, 0.4) is 0 Å². The Morgan fingerprint density at radius 2 is 2.05 bits per heavy atom. The molecule has 3 nitrogen and oxygen atoms in total. The van der Waals surface area contributed by atoms with Crippen molar-refractivity contribution in [2.24, 2.45) is 0 Å². The van der Waals surface area contributed by atoms with Crippen LogP contribution in [0.2, 0.25) is 0 Å². The summed E-state index contributed by atoms with van der Waals surface area (Å²) >= 11 is 0. The minimum absolute atomic E-state index is 0.329. The van der Waals surface area contributed by atoms with E-state index in [-0.39, 0.29) is 5.82 Å². The summed E-state index contributed by atoms with van der Waals surface area (Å²) in [7, 11) is 0. The number of aromatic nitrogens is 1. The largest absolute Gasteiger partial charge is 0.293 e. The second-order valence-corrected chi connectivity index (χ2v) is 4.99. The van der Waals surface area contributed by atoms with Gasteiger partial charge in [0.25, 0.3) is 0 Å². The number of hydrogen-bond donors (Lipinski definition) is 0. The van der Waals surface area contributed by atoms with E-state index in [2.05, 4.69) is 9.88 Å². The zero-order valence-corrected chi connectivity index (χ0v) is 12.3. The van der Waals surface area contributed by atoms with Crippen molar-refractivity contribution in [3.05, 3.63) is 64.7 Å². The van der Waals surface area contributed by atoms with E-state index in [1.165, 1.54) is 6.07 Å². The highest BCUT2D eigenvalue weighted by Gasteiger charge is 2.10. The standard InChI is InChI=1S/C17H18FN3/c1-3-21(12-16-6-4-5-13(2)20-16)11-15-8-7-14(10-19)9-17(15)18/h4-9H,3,11-12H2,1-2H3. The summed E-state index contributed by atoms with van der Waals surface area (Å²) in [5.41, 5.74) is 2.90. The monoisotopic (exact) mass is 283 g/mol. The maximum Gasteiger partial charge on any atom is 0.129 e. The molecule has 1 aromatic heterocycles. The molecular weight excluding hydrogens is 265 g/mol. The van der Waals surface area contributed by atoms with Gasteiger partial charge in [0.1, 0.15) is 5.82 Å². The number of benzene rings is 1. The summed E-state index contributed by atoms with van der Waals surface area (Å²) in [6.07, 6.45) is 0. The van der Waals surface area contributed by atoms with Crippen LogP contribution >= 0.6 is 0 Å². The number of hydrogen-bond acceptors (Lipinski definition) is 3. The molecule has 2 rings (SSSR count). The van der Waals surface area contributed by atoms with Gasteiger partial charge in [-0.25, -0.2) is 4.39 Å². The summed E-state index contributed by atoms with van der Waals surface area (Å²) in [5, 5.41) is 8.77. The molecule has 2 aromatic rings. The lowest BCUT2D eigenvalue weighted by Gasteiger charge is -2.20. The highest BCUT2D eigenvalue weighted by Crippen LogP contribution is 2.14. The molecule has 0 aliphatic carbocycles. The summed E-state index contributed by atoms with van der Waals surface area (Å²) in [6.45, 7) is 5.98. The maximum atomic E-state index is 13.9. The number of halogens is 1. The Bertz CT molecular complexity index is 661. The maximum absolute atomic E-state index is 13.9. The quantitative estimate of drug-likeness (QED) is 0.844. The van der Waals surface area contributed by atoms with Crippen molar-refractivity contribution >= 4 is 0 Å². The van der Waals surface area contributed by atoms with Crippen LogP contribution in [0.1, 0.15) is 29.4 Å². The molecule has 0 bridgehead atoms. The highest BCUT2D eigenvalue weighted by atomic mass is 19.1. The molecule has 108 valence electrons. The van der Waals surface area contributed by atoms with Gasteiger partial charge in [0.2, 0.25) is 0 Å². The molecule has 21 heavy (non-hydrogen) atoms. The molecule has 0 atom stereocenters. The van der Waals surface area contributed by atoms with Gasteiger partial charge in [-0.1, -0.05) is 19.1 Å². The van der Waals surface area contributed by atoms with E-state index in [1.807, 2.05) is 38.1 Å². The smallest absolute Gasteiger partial charge is 0.129 e. The number of aryl methyl sites for hydroxylation is 1. The van der Waals surface area contributed by atoms with Gasteiger partial charge in [-0.2, -0.15) is 5.26 Å². The number of rotatable bonds is 5. The topological polar surface area (TPSA) is 39.9 Å². The van der Waals surface area contributed by atoms with E-state index in [1.54, 1.807) is 12.1 Å². The van der Waals surface area contributed by atoms with Crippen molar-refractivity contribution in [2.45, 2.75) is 26.9 Å². The van der Waals surface area contributed by atoms with Gasteiger partial charge in [0.15, 0.2) is 0 Å². The van der Waals surface area contributed by atoms with Crippen molar-refractivity contribution in [1.82, 2.24) is 9.88 Å². The summed E-state index contributed by atoms with van der Waals surface area (Å²) in [5.74, 6) is -0.329. The van der Waals surface area contributed by atoms with Crippen molar-refractivity contribution in [1.29, 1.82) is 5.26 Å². The van der Waals surface area contributed by atoms with Gasteiger partial charge >= 0.3 is 0 Å². The molecule has 0 aliphatic heterocycles. The molecule has 0 amide bonds. The second-order valence-electron chi connectivity index (χ2n) is 4.99. The fourth-order valence-electron chi connectivity index (χ4n) is 2.18. The number of nitriles is 1. The van der Waals surface area contributed by atoms with Crippen LogP contribution in [0.25, 0.3) is 0 Å². The summed E-state index contributed by atoms with van der Waals surface area (Å²) in [6, 6.07) is 12.5. The first-order valence-electron chi connectivity index (χ1n) is 6.95. The first kappa shape index (κ1) is 15.1.